The lowest BCUT2D eigenvalue weighted by Crippen LogP contribution is -2.38. The summed E-state index contributed by atoms with van der Waals surface area (Å²) in [5, 5.41) is 0.854. The van der Waals surface area contributed by atoms with Gasteiger partial charge in [-0.2, -0.15) is 11.8 Å². The molecular formula is C8H16ClNS. The van der Waals surface area contributed by atoms with Crippen molar-refractivity contribution in [2.75, 3.05) is 31.3 Å². The van der Waals surface area contributed by atoms with E-state index in [4.69, 9.17) is 11.6 Å². The first-order chi connectivity index (χ1) is 5.36. The van der Waals surface area contributed by atoms with Crippen LogP contribution in [0, 0.1) is 0 Å². The van der Waals surface area contributed by atoms with Gasteiger partial charge in [0.05, 0.1) is 0 Å². The largest absolute Gasteiger partial charge is 0.300 e. The van der Waals surface area contributed by atoms with Crippen LogP contribution in [-0.2, 0) is 0 Å². The smallest absolute Gasteiger partial charge is 0.0351 e. The molecule has 0 amide bonds. The van der Waals surface area contributed by atoms with Crippen LogP contribution >= 0.6 is 23.4 Å². The number of nitrogens with zero attached hydrogens (tertiary/aromatic N) is 1. The predicted octanol–water partition coefficient (Wildman–Crippen LogP) is 2.05. The van der Waals surface area contributed by atoms with E-state index in [1.165, 1.54) is 25.3 Å². The molecule has 0 radical (unpaired) electrons. The molecule has 0 spiro atoms. The van der Waals surface area contributed by atoms with Crippen molar-refractivity contribution in [3.05, 3.63) is 0 Å². The molecule has 11 heavy (non-hydrogen) atoms. The number of halogens is 1. The van der Waals surface area contributed by atoms with E-state index in [1.807, 2.05) is 0 Å². The van der Waals surface area contributed by atoms with E-state index >= 15 is 0 Å². The summed E-state index contributed by atoms with van der Waals surface area (Å²) in [5.41, 5.74) is 0. The van der Waals surface area contributed by atoms with E-state index in [-0.39, 0.29) is 0 Å². The zero-order chi connectivity index (χ0) is 8.10. The number of hydrogen-bond acceptors (Lipinski definition) is 2. The zero-order valence-electron chi connectivity index (χ0n) is 7.05. The summed E-state index contributed by atoms with van der Waals surface area (Å²) >= 11 is 7.79. The molecule has 1 saturated heterocycles. The van der Waals surface area contributed by atoms with Crippen LogP contribution in [0.25, 0.3) is 0 Å². The Balaban J connectivity index is 2.21. The molecule has 0 saturated carbocycles. The topological polar surface area (TPSA) is 3.24 Å². The number of alkyl halides is 1. The van der Waals surface area contributed by atoms with Crippen molar-refractivity contribution in [1.82, 2.24) is 4.90 Å². The highest BCUT2D eigenvalue weighted by atomic mass is 35.5. The van der Waals surface area contributed by atoms with Crippen molar-refractivity contribution in [3.63, 3.8) is 0 Å². The molecule has 66 valence electrons. The van der Waals surface area contributed by atoms with E-state index in [2.05, 4.69) is 23.6 Å². The number of hydrogen-bond donors (Lipinski definition) is 0. The van der Waals surface area contributed by atoms with E-state index < -0.39 is 0 Å². The second-order valence-corrected chi connectivity index (χ2v) is 4.68. The van der Waals surface area contributed by atoms with Gasteiger partial charge in [-0.25, -0.2) is 0 Å². The fourth-order valence-corrected chi connectivity index (χ4v) is 2.84. The van der Waals surface area contributed by atoms with Gasteiger partial charge in [-0.15, -0.1) is 11.6 Å². The first-order valence-electron chi connectivity index (χ1n) is 4.26. The van der Waals surface area contributed by atoms with Crippen LogP contribution in [0.3, 0.4) is 0 Å². The average Bonchev–Trinajstić information content (AvgIpc) is 2.06. The standard InChI is InChI=1S/C8H16ClNS/c1-2-8-7-10(4-3-9)5-6-11-8/h8H,2-7H2,1H3. The van der Waals surface area contributed by atoms with Gasteiger partial charge in [-0.1, -0.05) is 6.92 Å². The second-order valence-electron chi connectivity index (χ2n) is 2.89. The van der Waals surface area contributed by atoms with Gasteiger partial charge in [-0.05, 0) is 6.42 Å². The predicted molar refractivity (Wildman–Crippen MR) is 53.7 cm³/mol. The summed E-state index contributed by atoms with van der Waals surface area (Å²) < 4.78 is 0. The Kier molecular flexibility index (Phi) is 4.65. The number of thioether (sulfide) groups is 1. The Hall–Kier alpha value is 0.600. The maximum atomic E-state index is 5.68. The summed E-state index contributed by atoms with van der Waals surface area (Å²) in [7, 11) is 0. The fraction of sp³-hybridized carbons (Fsp3) is 1.00. The Morgan fingerprint density at radius 2 is 2.45 bits per heavy atom. The summed E-state index contributed by atoms with van der Waals surface area (Å²) in [4.78, 5) is 2.47. The molecule has 0 aromatic heterocycles. The van der Waals surface area contributed by atoms with Crippen molar-refractivity contribution in [3.8, 4) is 0 Å². The van der Waals surface area contributed by atoms with Crippen molar-refractivity contribution in [2.24, 2.45) is 0 Å². The molecule has 1 rings (SSSR count). The van der Waals surface area contributed by atoms with Crippen LogP contribution in [0.15, 0.2) is 0 Å². The highest BCUT2D eigenvalue weighted by molar-refractivity contribution is 8.00. The molecule has 1 atom stereocenters. The fourth-order valence-electron chi connectivity index (χ4n) is 1.35. The van der Waals surface area contributed by atoms with E-state index in [0.29, 0.717) is 0 Å². The van der Waals surface area contributed by atoms with Crippen LogP contribution in [0.4, 0.5) is 0 Å². The van der Waals surface area contributed by atoms with Gasteiger partial charge >= 0.3 is 0 Å². The van der Waals surface area contributed by atoms with Gasteiger partial charge in [0.25, 0.3) is 0 Å². The van der Waals surface area contributed by atoms with Gasteiger partial charge in [0, 0.05) is 36.5 Å². The van der Waals surface area contributed by atoms with E-state index in [0.717, 1.165) is 17.7 Å². The van der Waals surface area contributed by atoms with E-state index in [9.17, 15) is 0 Å². The monoisotopic (exact) mass is 193 g/mol. The molecule has 1 heterocycles. The summed E-state index contributed by atoms with van der Waals surface area (Å²) in [6, 6.07) is 0. The molecule has 1 aliphatic rings. The molecule has 0 aromatic rings. The Bertz CT molecular complexity index is 108. The lowest BCUT2D eigenvalue weighted by molar-refractivity contribution is 0.298. The second kappa shape index (κ2) is 5.28. The molecule has 0 bridgehead atoms. The van der Waals surface area contributed by atoms with Crippen LogP contribution in [-0.4, -0.2) is 41.4 Å². The lowest BCUT2D eigenvalue weighted by Gasteiger charge is -2.31. The third-order valence-electron chi connectivity index (χ3n) is 2.08. The van der Waals surface area contributed by atoms with Gasteiger partial charge in [0.15, 0.2) is 0 Å². The Morgan fingerprint density at radius 3 is 3.09 bits per heavy atom. The molecule has 1 nitrogen and oxygen atoms in total. The van der Waals surface area contributed by atoms with Crippen molar-refractivity contribution >= 4 is 23.4 Å². The minimum Gasteiger partial charge on any atom is -0.300 e. The summed E-state index contributed by atoms with van der Waals surface area (Å²) in [5.74, 6) is 2.07. The van der Waals surface area contributed by atoms with Gasteiger partial charge in [0.2, 0.25) is 0 Å². The van der Waals surface area contributed by atoms with Gasteiger partial charge in [0.1, 0.15) is 0 Å². The number of rotatable bonds is 3. The highest BCUT2D eigenvalue weighted by Gasteiger charge is 2.17. The molecule has 0 aliphatic carbocycles. The first-order valence-corrected chi connectivity index (χ1v) is 5.85. The third-order valence-corrected chi connectivity index (χ3v) is 3.62. The van der Waals surface area contributed by atoms with Crippen molar-refractivity contribution in [1.29, 1.82) is 0 Å². The Labute approximate surface area is 78.5 Å². The van der Waals surface area contributed by atoms with Crippen LogP contribution < -0.4 is 0 Å². The summed E-state index contributed by atoms with van der Waals surface area (Å²) in [6.45, 7) is 5.81. The van der Waals surface area contributed by atoms with Crippen LogP contribution in [0.5, 0.6) is 0 Å². The molecule has 1 fully saturated rings. The van der Waals surface area contributed by atoms with Crippen molar-refractivity contribution in [2.45, 2.75) is 18.6 Å². The summed E-state index contributed by atoms with van der Waals surface area (Å²) in [6.07, 6.45) is 1.30. The average molecular weight is 194 g/mol. The molecule has 3 heteroatoms. The maximum Gasteiger partial charge on any atom is 0.0351 e. The highest BCUT2D eigenvalue weighted by Crippen LogP contribution is 2.20. The SMILES string of the molecule is CCC1CN(CCCl)CCS1. The molecule has 1 unspecified atom stereocenters. The molecule has 0 N–H and O–H groups in total. The minimum absolute atomic E-state index is 0.779. The first kappa shape index (κ1) is 9.69. The van der Waals surface area contributed by atoms with Crippen LogP contribution in [0.1, 0.15) is 13.3 Å². The normalized spacial score (nSPS) is 27.3. The van der Waals surface area contributed by atoms with Gasteiger partial charge < -0.3 is 4.90 Å². The molecule has 1 aliphatic heterocycles. The molecular weight excluding hydrogens is 178 g/mol. The van der Waals surface area contributed by atoms with Crippen LogP contribution in [0.2, 0.25) is 0 Å². The molecule has 0 aromatic carbocycles. The third kappa shape index (κ3) is 3.22. The van der Waals surface area contributed by atoms with E-state index in [1.54, 1.807) is 0 Å². The minimum atomic E-state index is 0.779. The Morgan fingerprint density at radius 1 is 1.64 bits per heavy atom. The van der Waals surface area contributed by atoms with Crippen molar-refractivity contribution < 1.29 is 0 Å². The zero-order valence-corrected chi connectivity index (χ0v) is 8.63. The quantitative estimate of drug-likeness (QED) is 0.632. The maximum absolute atomic E-state index is 5.68. The lowest BCUT2D eigenvalue weighted by atomic mass is 10.3. The van der Waals surface area contributed by atoms with Gasteiger partial charge in [-0.3, -0.25) is 0 Å².